The van der Waals surface area contributed by atoms with Gasteiger partial charge in [0.05, 0.1) is 0 Å². The molecule has 5 aromatic rings. The number of fused-ring (bicyclic) bond motifs is 3. The molecule has 3 heteroatoms. The molecule has 1 aliphatic carbocycles. The van der Waals surface area contributed by atoms with Gasteiger partial charge in [0, 0.05) is 0 Å². The molecule has 0 fully saturated rings. The Morgan fingerprint density at radius 3 is 1.83 bits per heavy atom. The molecule has 0 spiro atoms. The monoisotopic (exact) mass is 724 g/mol. The Morgan fingerprint density at radius 1 is 0.761 bits per heavy atom. The standard InChI is InChI=1S/C17H17.C13H10.C13H21.2ClH.Zr/c1-10-5-14-9-15-6-11(2)13(4)8-17(15)16(14)7-12(10)3;1-3-7-12(8-4-1)11-13-9-5-2-6-10-13;1-5-6-7-11-8-9-12(10-11)13(2,3)4;;;/h5,7-8H,9H2,1-4H3;1-10H;8-10H,5-7H2,1-4H3;2*1H;/q-1;;-1;;;+2/p-2. The molecule has 0 bridgehead atoms. The molecule has 0 unspecified atom stereocenters. The Labute approximate surface area is 306 Å². The fourth-order valence-electron chi connectivity index (χ4n) is 5.52. The summed E-state index contributed by atoms with van der Waals surface area (Å²) in [5.41, 5.74) is 17.0. The van der Waals surface area contributed by atoms with E-state index < -0.39 is 0 Å². The molecule has 0 nitrogen and oxygen atoms in total. The van der Waals surface area contributed by atoms with E-state index in [4.69, 9.17) is 0 Å². The third-order valence-corrected chi connectivity index (χ3v) is 10.0. The Bertz CT molecular complexity index is 1590. The number of halogens is 2. The average Bonchev–Trinajstić information content (AvgIpc) is 3.63. The van der Waals surface area contributed by atoms with E-state index >= 15 is 0 Å². The summed E-state index contributed by atoms with van der Waals surface area (Å²) in [5.74, 6) is 0. The van der Waals surface area contributed by atoms with Crippen molar-refractivity contribution in [2.75, 3.05) is 0 Å². The predicted octanol–water partition coefficient (Wildman–Crippen LogP) is 5.15. The van der Waals surface area contributed by atoms with Gasteiger partial charge in [-0.3, -0.25) is 0 Å². The third kappa shape index (κ3) is 10.5. The van der Waals surface area contributed by atoms with Crippen LogP contribution in [0, 0.1) is 33.8 Å². The molecule has 1 aliphatic rings. The summed E-state index contributed by atoms with van der Waals surface area (Å²) >= 11 is 1.46. The number of rotatable bonds is 5. The van der Waals surface area contributed by atoms with Crippen LogP contribution in [-0.2, 0) is 42.5 Å². The fourth-order valence-corrected chi connectivity index (χ4v) is 6.34. The van der Waals surface area contributed by atoms with Crippen LogP contribution in [0.4, 0.5) is 0 Å². The van der Waals surface area contributed by atoms with Crippen LogP contribution in [0.25, 0.3) is 11.1 Å². The molecular formula is C43H48Cl2Zr-2. The minimum absolute atomic E-state index is 0. The van der Waals surface area contributed by atoms with Crippen molar-refractivity contribution in [3.63, 3.8) is 0 Å². The molecule has 240 valence electrons. The van der Waals surface area contributed by atoms with Crippen LogP contribution in [0.5, 0.6) is 0 Å². The molecule has 0 atom stereocenters. The van der Waals surface area contributed by atoms with Crippen molar-refractivity contribution in [3.8, 4) is 11.1 Å². The van der Waals surface area contributed by atoms with E-state index in [2.05, 4.69) is 159 Å². The van der Waals surface area contributed by atoms with Crippen LogP contribution in [-0.4, -0.2) is 3.21 Å². The van der Waals surface area contributed by atoms with Gasteiger partial charge in [0.2, 0.25) is 0 Å². The summed E-state index contributed by atoms with van der Waals surface area (Å²) in [6.07, 6.45) is 4.89. The van der Waals surface area contributed by atoms with E-state index in [1.807, 2.05) is 0 Å². The third-order valence-electron chi connectivity index (χ3n) is 8.62. The zero-order valence-electron chi connectivity index (χ0n) is 28.8. The molecule has 0 N–H and O–H groups in total. The zero-order chi connectivity index (χ0) is 31.9. The van der Waals surface area contributed by atoms with Crippen molar-refractivity contribution in [2.24, 2.45) is 0 Å². The summed E-state index contributed by atoms with van der Waals surface area (Å²) < 4.78 is 1.42. The summed E-state index contributed by atoms with van der Waals surface area (Å²) in [6.45, 7) is 17.8. The normalized spacial score (nSPS) is 11.0. The molecule has 0 aromatic heterocycles. The maximum absolute atomic E-state index is 3.54. The summed E-state index contributed by atoms with van der Waals surface area (Å²) in [7, 11) is 0. The van der Waals surface area contributed by atoms with Crippen LogP contribution in [0.3, 0.4) is 0 Å². The molecule has 46 heavy (non-hydrogen) atoms. The van der Waals surface area contributed by atoms with Gasteiger partial charge in [0.15, 0.2) is 0 Å². The minimum atomic E-state index is 0. The van der Waals surface area contributed by atoms with Crippen LogP contribution in [0.1, 0.15) is 96.2 Å². The first-order valence-electron chi connectivity index (χ1n) is 16.1. The van der Waals surface area contributed by atoms with Gasteiger partial charge in [-0.2, -0.15) is 46.5 Å². The first-order chi connectivity index (χ1) is 21.0. The zero-order valence-corrected chi connectivity index (χ0v) is 32.8. The molecular weight excluding hydrogens is 679 g/mol. The van der Waals surface area contributed by atoms with Crippen molar-refractivity contribution in [2.45, 2.75) is 86.5 Å². The molecule has 6 rings (SSSR count). The van der Waals surface area contributed by atoms with Crippen molar-refractivity contribution < 1.29 is 49.0 Å². The maximum atomic E-state index is 3.54. The van der Waals surface area contributed by atoms with E-state index in [9.17, 15) is 0 Å². The quantitative estimate of drug-likeness (QED) is 0.216. The first kappa shape index (κ1) is 39.7. The van der Waals surface area contributed by atoms with Crippen molar-refractivity contribution in [1.82, 2.24) is 0 Å². The predicted molar refractivity (Wildman–Crippen MR) is 188 cm³/mol. The first-order valence-corrected chi connectivity index (χ1v) is 17.3. The van der Waals surface area contributed by atoms with Crippen molar-refractivity contribution in [3.05, 3.63) is 159 Å². The van der Waals surface area contributed by atoms with E-state index in [1.54, 1.807) is 0 Å². The number of unbranched alkanes of at least 4 members (excludes halogenated alkanes) is 1. The van der Waals surface area contributed by atoms with Gasteiger partial charge in [-0.25, -0.2) is 6.07 Å². The Hall–Kier alpha value is -2.44. The van der Waals surface area contributed by atoms with Gasteiger partial charge in [-0.1, -0.05) is 83.9 Å². The van der Waals surface area contributed by atoms with E-state index in [1.165, 1.54) is 113 Å². The van der Waals surface area contributed by atoms with Gasteiger partial charge in [-0.15, -0.1) is 11.1 Å². The van der Waals surface area contributed by atoms with Crippen LogP contribution in [0.15, 0.2) is 97.1 Å². The number of aryl methyl sites for hydroxylation is 5. The summed E-state index contributed by atoms with van der Waals surface area (Å²) in [4.78, 5) is 0. The SMILES string of the molecule is CCCCc1cc(C(C)(C)C)c[cH-]1.Cc1[c-]c2c(cc1C)-c1cc(C)c(C)cc1C2.[Cl-].[Cl-].[Zr+2]=[C](c1ccccc1)c1ccccc1. The fraction of sp³-hybridized carbons (Fsp3) is 0.302. The molecule has 0 aliphatic heterocycles. The van der Waals surface area contributed by atoms with Crippen molar-refractivity contribution in [1.29, 1.82) is 0 Å². The van der Waals surface area contributed by atoms with Crippen LogP contribution in [0.2, 0.25) is 0 Å². The summed E-state index contributed by atoms with van der Waals surface area (Å²) in [5, 5.41) is 0. The van der Waals surface area contributed by atoms with Gasteiger partial charge in [-0.05, 0) is 37.0 Å². The van der Waals surface area contributed by atoms with Gasteiger partial charge in [0.1, 0.15) is 0 Å². The second-order valence-electron chi connectivity index (χ2n) is 13.2. The number of hydrogen-bond acceptors (Lipinski definition) is 0. The molecule has 0 saturated carbocycles. The van der Waals surface area contributed by atoms with E-state index in [0.29, 0.717) is 5.41 Å². The summed E-state index contributed by atoms with van der Waals surface area (Å²) in [6, 6.07) is 38.5. The second kappa shape index (κ2) is 18.2. The number of benzene rings is 4. The topological polar surface area (TPSA) is 0 Å². The van der Waals surface area contributed by atoms with Gasteiger partial charge in [0.25, 0.3) is 0 Å². The molecule has 0 heterocycles. The molecule has 0 radical (unpaired) electrons. The van der Waals surface area contributed by atoms with E-state index in [0.717, 1.165) is 6.42 Å². The Kier molecular flexibility index (Phi) is 15.7. The Balaban J connectivity index is 0.000000238. The molecule has 5 aromatic carbocycles. The van der Waals surface area contributed by atoms with Crippen LogP contribution >= 0.6 is 0 Å². The van der Waals surface area contributed by atoms with Crippen LogP contribution < -0.4 is 24.8 Å². The van der Waals surface area contributed by atoms with Crippen molar-refractivity contribution >= 4 is 3.21 Å². The van der Waals surface area contributed by atoms with Gasteiger partial charge < -0.3 is 24.8 Å². The average molecular weight is 727 g/mol. The number of hydrogen-bond donors (Lipinski definition) is 0. The van der Waals surface area contributed by atoms with E-state index in [-0.39, 0.29) is 24.8 Å². The van der Waals surface area contributed by atoms with Gasteiger partial charge >= 0.3 is 99.2 Å². The molecule has 0 amide bonds. The Morgan fingerprint density at radius 2 is 1.30 bits per heavy atom. The second-order valence-corrected chi connectivity index (χ2v) is 14.4. The molecule has 0 saturated heterocycles.